The Kier molecular flexibility index (Phi) is 4.70. The lowest BCUT2D eigenvalue weighted by molar-refractivity contribution is -0.174. The Labute approximate surface area is 76.2 Å². The molecule has 0 spiro atoms. The van der Waals surface area contributed by atoms with Crippen LogP contribution in [0.3, 0.4) is 0 Å². The molecule has 0 aliphatic heterocycles. The minimum absolute atomic E-state index is 0.111. The van der Waals surface area contributed by atoms with E-state index in [-0.39, 0.29) is 12.1 Å². The van der Waals surface area contributed by atoms with E-state index in [0.29, 0.717) is 12.8 Å². The highest BCUT2D eigenvalue weighted by Crippen LogP contribution is 2.15. The molecule has 0 aromatic rings. The Hall–Kier alpha value is -0.290. The summed E-state index contributed by atoms with van der Waals surface area (Å²) in [6, 6.07) is 0. The minimum atomic E-state index is -4.22. The van der Waals surface area contributed by atoms with Crippen molar-refractivity contribution in [3.63, 3.8) is 0 Å². The van der Waals surface area contributed by atoms with Gasteiger partial charge in [0.2, 0.25) is 0 Å². The standard InChI is InChI=1S/C8H16F3NO/c1-7(2,12)4-3-5-13-6-8(9,10)11/h3-6,12H2,1-2H3. The van der Waals surface area contributed by atoms with Crippen molar-refractivity contribution < 1.29 is 17.9 Å². The van der Waals surface area contributed by atoms with Gasteiger partial charge in [0.15, 0.2) is 0 Å². The summed E-state index contributed by atoms with van der Waals surface area (Å²) >= 11 is 0. The molecule has 0 aromatic carbocycles. The van der Waals surface area contributed by atoms with E-state index in [1.165, 1.54) is 0 Å². The summed E-state index contributed by atoms with van der Waals surface area (Å²) in [5, 5.41) is 0. The van der Waals surface area contributed by atoms with Crippen LogP contribution in [0, 0.1) is 0 Å². The molecule has 0 saturated carbocycles. The maximum Gasteiger partial charge on any atom is 0.411 e. The molecular weight excluding hydrogens is 183 g/mol. The van der Waals surface area contributed by atoms with Gasteiger partial charge in [-0.2, -0.15) is 13.2 Å². The van der Waals surface area contributed by atoms with Crippen LogP contribution < -0.4 is 5.73 Å². The van der Waals surface area contributed by atoms with Crippen molar-refractivity contribution in [2.45, 2.75) is 38.4 Å². The molecule has 0 bridgehead atoms. The van der Waals surface area contributed by atoms with Gasteiger partial charge in [-0.3, -0.25) is 0 Å². The first-order valence-corrected chi connectivity index (χ1v) is 4.14. The average Bonchev–Trinajstić information content (AvgIpc) is 1.81. The Morgan fingerprint density at radius 1 is 1.23 bits per heavy atom. The van der Waals surface area contributed by atoms with E-state index in [1.807, 2.05) is 13.8 Å². The molecule has 0 aliphatic rings. The Morgan fingerprint density at radius 3 is 2.15 bits per heavy atom. The van der Waals surface area contributed by atoms with Crippen molar-refractivity contribution >= 4 is 0 Å². The van der Waals surface area contributed by atoms with Crippen LogP contribution >= 0.6 is 0 Å². The first-order chi connectivity index (χ1) is 5.71. The van der Waals surface area contributed by atoms with Gasteiger partial charge in [-0.05, 0) is 26.7 Å². The van der Waals surface area contributed by atoms with Crippen molar-refractivity contribution in [1.29, 1.82) is 0 Å². The van der Waals surface area contributed by atoms with Crippen molar-refractivity contribution in [3.05, 3.63) is 0 Å². The van der Waals surface area contributed by atoms with Gasteiger partial charge in [0.05, 0.1) is 0 Å². The summed E-state index contributed by atoms with van der Waals surface area (Å²) in [5.41, 5.74) is 5.29. The maximum atomic E-state index is 11.6. The van der Waals surface area contributed by atoms with Crippen LogP contribution in [-0.2, 0) is 4.74 Å². The number of nitrogens with two attached hydrogens (primary N) is 1. The zero-order chi connectivity index (χ0) is 10.5. The minimum Gasteiger partial charge on any atom is -0.372 e. The molecule has 0 aliphatic carbocycles. The van der Waals surface area contributed by atoms with Crippen LogP contribution in [0.4, 0.5) is 13.2 Å². The lowest BCUT2D eigenvalue weighted by Crippen LogP contribution is -2.32. The fraction of sp³-hybridized carbons (Fsp3) is 1.00. The number of alkyl halides is 3. The summed E-state index contributed by atoms with van der Waals surface area (Å²) < 4.78 is 39.1. The van der Waals surface area contributed by atoms with Crippen LogP contribution in [0.2, 0.25) is 0 Å². The molecule has 0 unspecified atom stereocenters. The predicted molar refractivity (Wildman–Crippen MR) is 44.4 cm³/mol. The third-order valence-electron chi connectivity index (χ3n) is 1.38. The number of ether oxygens (including phenoxy) is 1. The van der Waals surface area contributed by atoms with E-state index >= 15 is 0 Å². The second kappa shape index (κ2) is 4.81. The Balaban J connectivity index is 3.28. The third kappa shape index (κ3) is 11.7. The number of rotatable bonds is 5. The largest absolute Gasteiger partial charge is 0.411 e. The quantitative estimate of drug-likeness (QED) is 0.688. The molecule has 0 aromatic heterocycles. The molecule has 5 heteroatoms. The molecule has 0 radical (unpaired) electrons. The molecule has 80 valence electrons. The maximum absolute atomic E-state index is 11.6. The second-order valence-electron chi connectivity index (χ2n) is 3.76. The molecule has 0 saturated heterocycles. The second-order valence-corrected chi connectivity index (χ2v) is 3.76. The van der Waals surface area contributed by atoms with E-state index in [9.17, 15) is 13.2 Å². The fourth-order valence-electron chi connectivity index (χ4n) is 0.818. The molecule has 0 atom stereocenters. The lowest BCUT2D eigenvalue weighted by Gasteiger charge is -2.17. The number of hydrogen-bond acceptors (Lipinski definition) is 2. The summed E-state index contributed by atoms with van der Waals surface area (Å²) in [7, 11) is 0. The SMILES string of the molecule is CC(C)(N)CCCOCC(F)(F)F. The van der Waals surface area contributed by atoms with Crippen molar-refractivity contribution in [1.82, 2.24) is 0 Å². The Bertz CT molecular complexity index is 123. The fourth-order valence-corrected chi connectivity index (χ4v) is 0.818. The zero-order valence-electron chi connectivity index (χ0n) is 7.95. The normalized spacial score (nSPS) is 13.4. The van der Waals surface area contributed by atoms with E-state index in [1.54, 1.807) is 0 Å². The lowest BCUT2D eigenvalue weighted by atomic mass is 10.0. The highest BCUT2D eigenvalue weighted by molar-refractivity contribution is 4.70. The molecule has 0 amide bonds. The first-order valence-electron chi connectivity index (χ1n) is 4.14. The first kappa shape index (κ1) is 12.7. The monoisotopic (exact) mass is 199 g/mol. The van der Waals surface area contributed by atoms with Gasteiger partial charge >= 0.3 is 6.18 Å². The predicted octanol–water partition coefficient (Wildman–Crippen LogP) is 2.08. The van der Waals surface area contributed by atoms with Gasteiger partial charge in [-0.25, -0.2) is 0 Å². The van der Waals surface area contributed by atoms with E-state index < -0.39 is 12.8 Å². The van der Waals surface area contributed by atoms with Crippen molar-refractivity contribution in [2.75, 3.05) is 13.2 Å². The molecule has 13 heavy (non-hydrogen) atoms. The summed E-state index contributed by atoms with van der Waals surface area (Å²) in [5.74, 6) is 0. The van der Waals surface area contributed by atoms with Crippen LogP contribution in [0.15, 0.2) is 0 Å². The highest BCUT2D eigenvalue weighted by Gasteiger charge is 2.27. The molecular formula is C8H16F3NO. The van der Waals surface area contributed by atoms with E-state index in [4.69, 9.17) is 5.73 Å². The van der Waals surface area contributed by atoms with Gasteiger partial charge < -0.3 is 10.5 Å². The topological polar surface area (TPSA) is 35.2 Å². The van der Waals surface area contributed by atoms with Gasteiger partial charge in [0.1, 0.15) is 6.61 Å². The van der Waals surface area contributed by atoms with Crippen LogP contribution in [0.1, 0.15) is 26.7 Å². The summed E-state index contributed by atoms with van der Waals surface area (Å²) in [6.45, 7) is 2.60. The van der Waals surface area contributed by atoms with Crippen LogP contribution in [0.25, 0.3) is 0 Å². The molecule has 2 nitrogen and oxygen atoms in total. The molecule has 0 rings (SSSR count). The Morgan fingerprint density at radius 2 is 1.77 bits per heavy atom. The smallest absolute Gasteiger partial charge is 0.372 e. The van der Waals surface area contributed by atoms with Gasteiger partial charge in [0, 0.05) is 12.1 Å². The van der Waals surface area contributed by atoms with Crippen molar-refractivity contribution in [2.24, 2.45) is 5.73 Å². The average molecular weight is 199 g/mol. The van der Waals surface area contributed by atoms with Gasteiger partial charge in [-0.15, -0.1) is 0 Å². The van der Waals surface area contributed by atoms with Gasteiger partial charge in [0.25, 0.3) is 0 Å². The van der Waals surface area contributed by atoms with Crippen LogP contribution in [0.5, 0.6) is 0 Å². The van der Waals surface area contributed by atoms with E-state index in [2.05, 4.69) is 4.74 Å². The highest BCUT2D eigenvalue weighted by atomic mass is 19.4. The summed E-state index contributed by atoms with van der Waals surface area (Å²) in [6.07, 6.45) is -3.01. The third-order valence-corrected chi connectivity index (χ3v) is 1.38. The molecule has 0 fully saturated rings. The molecule has 2 N–H and O–H groups in total. The van der Waals surface area contributed by atoms with Crippen LogP contribution in [-0.4, -0.2) is 24.9 Å². The van der Waals surface area contributed by atoms with Crippen molar-refractivity contribution in [3.8, 4) is 0 Å². The van der Waals surface area contributed by atoms with E-state index in [0.717, 1.165) is 0 Å². The zero-order valence-corrected chi connectivity index (χ0v) is 7.95. The number of halogens is 3. The molecule has 0 heterocycles. The number of hydrogen-bond donors (Lipinski definition) is 1. The van der Waals surface area contributed by atoms with Gasteiger partial charge in [-0.1, -0.05) is 0 Å². The summed E-state index contributed by atoms with van der Waals surface area (Å²) in [4.78, 5) is 0.